The molecule has 2 saturated heterocycles. The molecule has 0 radical (unpaired) electrons. The van der Waals surface area contributed by atoms with Crippen LogP contribution in [0.4, 0.5) is 4.39 Å². The molecule has 2 aliphatic rings. The SMILES string of the molecule is Cn1ccnc1C1(O)COC2(CCN(C(=O)Cc3ccc(F)cc3)CC2)C1. The number of amides is 1. The number of nitrogens with zero attached hydrogens (tertiary/aromatic N) is 3. The van der Waals surface area contributed by atoms with E-state index in [1.807, 2.05) is 22.7 Å². The molecule has 1 unspecified atom stereocenters. The molecular weight excluding hydrogens is 349 g/mol. The Labute approximate surface area is 157 Å². The Morgan fingerprint density at radius 1 is 1.30 bits per heavy atom. The van der Waals surface area contributed by atoms with Gasteiger partial charge in [-0.1, -0.05) is 12.1 Å². The summed E-state index contributed by atoms with van der Waals surface area (Å²) < 4.78 is 20.9. The van der Waals surface area contributed by atoms with Crippen molar-refractivity contribution in [1.29, 1.82) is 0 Å². The fraction of sp³-hybridized carbons (Fsp3) is 0.500. The molecule has 1 amide bonds. The van der Waals surface area contributed by atoms with E-state index in [4.69, 9.17) is 4.74 Å². The second-order valence-corrected chi connectivity index (χ2v) is 7.73. The maximum atomic E-state index is 13.0. The molecule has 4 rings (SSSR count). The van der Waals surface area contributed by atoms with Gasteiger partial charge in [-0.25, -0.2) is 9.37 Å². The number of rotatable bonds is 3. The van der Waals surface area contributed by atoms with Gasteiger partial charge in [-0.2, -0.15) is 0 Å². The van der Waals surface area contributed by atoms with Crippen LogP contribution in [0.5, 0.6) is 0 Å². The summed E-state index contributed by atoms with van der Waals surface area (Å²) >= 11 is 0. The minimum Gasteiger partial charge on any atom is -0.379 e. The van der Waals surface area contributed by atoms with Gasteiger partial charge in [-0.15, -0.1) is 0 Å². The number of hydrogen-bond acceptors (Lipinski definition) is 4. The van der Waals surface area contributed by atoms with Crippen LogP contribution < -0.4 is 0 Å². The summed E-state index contributed by atoms with van der Waals surface area (Å²) in [5.41, 5.74) is -0.686. The van der Waals surface area contributed by atoms with Crippen LogP contribution in [0.3, 0.4) is 0 Å². The fourth-order valence-electron chi connectivity index (χ4n) is 4.24. The van der Waals surface area contributed by atoms with Gasteiger partial charge in [-0.3, -0.25) is 4.79 Å². The Morgan fingerprint density at radius 3 is 2.63 bits per heavy atom. The average molecular weight is 373 g/mol. The molecular formula is C20H24FN3O3. The maximum absolute atomic E-state index is 13.0. The maximum Gasteiger partial charge on any atom is 0.226 e. The van der Waals surface area contributed by atoms with Gasteiger partial charge in [0.1, 0.15) is 17.2 Å². The van der Waals surface area contributed by atoms with E-state index in [1.165, 1.54) is 12.1 Å². The molecule has 1 atom stereocenters. The number of carbonyl (C=O) groups is 1. The molecule has 6 nitrogen and oxygen atoms in total. The van der Waals surface area contributed by atoms with Crippen LogP contribution in [-0.4, -0.2) is 50.8 Å². The van der Waals surface area contributed by atoms with Gasteiger partial charge in [0.2, 0.25) is 5.91 Å². The van der Waals surface area contributed by atoms with Gasteiger partial charge in [-0.05, 0) is 30.5 Å². The van der Waals surface area contributed by atoms with Crippen molar-refractivity contribution in [3.63, 3.8) is 0 Å². The molecule has 2 aromatic rings. The first-order valence-electron chi connectivity index (χ1n) is 9.26. The largest absolute Gasteiger partial charge is 0.379 e. The summed E-state index contributed by atoms with van der Waals surface area (Å²) in [5, 5.41) is 11.0. The third kappa shape index (κ3) is 3.49. The highest BCUT2D eigenvalue weighted by atomic mass is 19.1. The van der Waals surface area contributed by atoms with E-state index in [1.54, 1.807) is 18.3 Å². The molecule has 0 bridgehead atoms. The second kappa shape index (κ2) is 6.73. The number of likely N-dealkylation sites (tertiary alicyclic amines) is 1. The summed E-state index contributed by atoms with van der Waals surface area (Å²) in [5.74, 6) is 0.354. The van der Waals surface area contributed by atoms with Crippen molar-refractivity contribution in [2.75, 3.05) is 19.7 Å². The number of hydrogen-bond donors (Lipinski definition) is 1. The number of piperidine rings is 1. The molecule has 0 aliphatic carbocycles. The summed E-state index contributed by atoms with van der Waals surface area (Å²) in [6, 6.07) is 6.04. The highest BCUT2D eigenvalue weighted by molar-refractivity contribution is 5.78. The Morgan fingerprint density at radius 2 is 2.00 bits per heavy atom. The quantitative estimate of drug-likeness (QED) is 0.891. The number of halogens is 1. The van der Waals surface area contributed by atoms with Crippen molar-refractivity contribution in [2.45, 2.75) is 36.9 Å². The zero-order valence-corrected chi connectivity index (χ0v) is 15.4. The Balaban J connectivity index is 1.37. The fourth-order valence-corrected chi connectivity index (χ4v) is 4.24. The van der Waals surface area contributed by atoms with Crippen molar-refractivity contribution in [2.24, 2.45) is 7.05 Å². The first-order valence-corrected chi connectivity index (χ1v) is 9.26. The number of aromatic nitrogens is 2. The molecule has 3 heterocycles. The second-order valence-electron chi connectivity index (χ2n) is 7.73. The van der Waals surface area contributed by atoms with E-state index in [-0.39, 0.29) is 24.8 Å². The van der Waals surface area contributed by atoms with Crippen molar-refractivity contribution in [1.82, 2.24) is 14.5 Å². The van der Waals surface area contributed by atoms with E-state index in [2.05, 4.69) is 4.98 Å². The molecule has 1 aromatic heterocycles. The lowest BCUT2D eigenvalue weighted by Crippen LogP contribution is -2.47. The molecule has 2 fully saturated rings. The van der Waals surface area contributed by atoms with Crippen molar-refractivity contribution in [3.8, 4) is 0 Å². The van der Waals surface area contributed by atoms with E-state index >= 15 is 0 Å². The normalized spacial score (nSPS) is 24.5. The van der Waals surface area contributed by atoms with Crippen LogP contribution in [0.1, 0.15) is 30.7 Å². The zero-order chi connectivity index (χ0) is 19.1. The van der Waals surface area contributed by atoms with E-state index in [9.17, 15) is 14.3 Å². The van der Waals surface area contributed by atoms with Gasteiger partial charge in [0.25, 0.3) is 0 Å². The van der Waals surface area contributed by atoms with Crippen molar-refractivity contribution in [3.05, 3.63) is 53.9 Å². The lowest BCUT2D eigenvalue weighted by molar-refractivity contribution is -0.135. The lowest BCUT2D eigenvalue weighted by Gasteiger charge is -2.39. The molecule has 1 N–H and O–H groups in total. The summed E-state index contributed by atoms with van der Waals surface area (Å²) in [6.07, 6.45) is 5.63. The summed E-state index contributed by atoms with van der Waals surface area (Å²) in [4.78, 5) is 18.7. The van der Waals surface area contributed by atoms with Crippen LogP contribution in [0.2, 0.25) is 0 Å². The summed E-state index contributed by atoms with van der Waals surface area (Å²) in [6.45, 7) is 1.41. The average Bonchev–Trinajstić information content (AvgIpc) is 3.22. The van der Waals surface area contributed by atoms with Crippen LogP contribution >= 0.6 is 0 Å². The number of ether oxygens (including phenoxy) is 1. The number of aryl methyl sites for hydroxylation is 1. The first kappa shape index (κ1) is 18.1. The number of benzene rings is 1. The Hall–Kier alpha value is -2.25. The number of carbonyl (C=O) groups excluding carboxylic acids is 1. The van der Waals surface area contributed by atoms with Gasteiger partial charge >= 0.3 is 0 Å². The highest BCUT2D eigenvalue weighted by Crippen LogP contribution is 2.44. The topological polar surface area (TPSA) is 67.6 Å². The van der Waals surface area contributed by atoms with Crippen molar-refractivity contribution < 1.29 is 19.0 Å². The Bertz CT molecular complexity index is 827. The lowest BCUT2D eigenvalue weighted by atomic mass is 9.83. The van der Waals surface area contributed by atoms with E-state index in [0.717, 1.165) is 5.56 Å². The first-order chi connectivity index (χ1) is 12.9. The Kier molecular flexibility index (Phi) is 4.52. The van der Waals surface area contributed by atoms with Gasteiger partial charge < -0.3 is 19.3 Å². The van der Waals surface area contributed by atoms with E-state index in [0.29, 0.717) is 38.2 Å². The summed E-state index contributed by atoms with van der Waals surface area (Å²) in [7, 11) is 1.86. The van der Waals surface area contributed by atoms with E-state index < -0.39 is 11.2 Å². The zero-order valence-electron chi connectivity index (χ0n) is 15.4. The van der Waals surface area contributed by atoms with Gasteiger partial charge in [0.15, 0.2) is 0 Å². The number of imidazole rings is 1. The number of aliphatic hydroxyl groups is 1. The van der Waals surface area contributed by atoms with Crippen LogP contribution in [-0.2, 0) is 28.6 Å². The molecule has 2 aliphatic heterocycles. The smallest absolute Gasteiger partial charge is 0.226 e. The minimum absolute atomic E-state index is 0.0359. The predicted molar refractivity (Wildman–Crippen MR) is 96.3 cm³/mol. The standard InChI is InChI=1S/C20H24FN3O3/c1-23-11-8-22-18(23)20(26)13-19(27-14-20)6-9-24(10-7-19)17(25)12-15-2-4-16(21)5-3-15/h2-5,8,11,26H,6-7,9-10,12-14H2,1H3. The van der Waals surface area contributed by atoms with Crippen molar-refractivity contribution >= 4 is 5.91 Å². The molecule has 144 valence electrons. The van der Waals surface area contributed by atoms with Gasteiger partial charge in [0, 0.05) is 39.0 Å². The van der Waals surface area contributed by atoms with Crippen LogP contribution in [0, 0.1) is 5.82 Å². The monoisotopic (exact) mass is 373 g/mol. The van der Waals surface area contributed by atoms with Crippen LogP contribution in [0.25, 0.3) is 0 Å². The third-order valence-electron chi connectivity index (χ3n) is 5.77. The molecule has 27 heavy (non-hydrogen) atoms. The molecule has 7 heteroatoms. The molecule has 0 saturated carbocycles. The molecule has 1 spiro atoms. The highest BCUT2D eigenvalue weighted by Gasteiger charge is 2.52. The van der Waals surface area contributed by atoms with Crippen LogP contribution in [0.15, 0.2) is 36.7 Å². The van der Waals surface area contributed by atoms with Gasteiger partial charge in [0.05, 0.1) is 18.6 Å². The molecule has 1 aromatic carbocycles. The predicted octanol–water partition coefficient (Wildman–Crippen LogP) is 1.77. The minimum atomic E-state index is -1.08. The third-order valence-corrected chi connectivity index (χ3v) is 5.77.